The summed E-state index contributed by atoms with van der Waals surface area (Å²) in [6, 6.07) is 12.4. The first-order valence-corrected chi connectivity index (χ1v) is 11.1. The molecule has 1 unspecified atom stereocenters. The zero-order chi connectivity index (χ0) is 20.5. The molecule has 0 radical (unpaired) electrons. The van der Waals surface area contributed by atoms with Crippen molar-refractivity contribution in [2.24, 2.45) is 5.92 Å². The molecule has 1 heterocycles. The zero-order valence-electron chi connectivity index (χ0n) is 16.2. The molecule has 1 saturated heterocycles. The predicted octanol–water partition coefficient (Wildman–Crippen LogP) is 2.95. The molecule has 3 rings (SSSR count). The van der Waals surface area contributed by atoms with Gasteiger partial charge in [0.25, 0.3) is 0 Å². The smallest absolute Gasteiger partial charge is 0.229 e. The van der Waals surface area contributed by atoms with E-state index in [1.165, 1.54) is 17.7 Å². The van der Waals surface area contributed by atoms with Crippen LogP contribution in [0.15, 0.2) is 47.4 Å². The normalized spacial score (nSPS) is 17.0. The van der Waals surface area contributed by atoms with Gasteiger partial charge in [-0.25, -0.2) is 8.42 Å². The van der Waals surface area contributed by atoms with E-state index < -0.39 is 15.8 Å². The maximum absolute atomic E-state index is 12.7. The number of amides is 2. The molecule has 0 aliphatic carbocycles. The molecular weight excluding hydrogens is 376 g/mol. The van der Waals surface area contributed by atoms with E-state index in [1.54, 1.807) is 17.9 Å². The first-order chi connectivity index (χ1) is 13.2. The van der Waals surface area contributed by atoms with Crippen LogP contribution in [0, 0.1) is 12.8 Å². The van der Waals surface area contributed by atoms with Gasteiger partial charge in [-0.05, 0) is 48.7 Å². The summed E-state index contributed by atoms with van der Waals surface area (Å²) >= 11 is 0. The summed E-state index contributed by atoms with van der Waals surface area (Å²) in [6.45, 7) is 4.17. The van der Waals surface area contributed by atoms with E-state index in [0.29, 0.717) is 12.2 Å². The van der Waals surface area contributed by atoms with E-state index in [9.17, 15) is 18.0 Å². The quantitative estimate of drug-likeness (QED) is 0.836. The second-order valence-electron chi connectivity index (χ2n) is 7.16. The average Bonchev–Trinajstić information content (AvgIpc) is 3.04. The van der Waals surface area contributed by atoms with Crippen molar-refractivity contribution in [2.75, 3.05) is 23.0 Å². The van der Waals surface area contributed by atoms with Crippen molar-refractivity contribution < 1.29 is 18.0 Å². The number of carbonyl (C=O) groups excluding carboxylic acids is 2. The molecule has 0 spiro atoms. The molecular formula is C21H24N2O4S. The summed E-state index contributed by atoms with van der Waals surface area (Å²) in [6.07, 6.45) is 2.18. The summed E-state index contributed by atoms with van der Waals surface area (Å²) in [5.74, 6) is -0.861. The first-order valence-electron chi connectivity index (χ1n) is 9.20. The van der Waals surface area contributed by atoms with Crippen LogP contribution in [0.5, 0.6) is 0 Å². The van der Waals surface area contributed by atoms with E-state index in [4.69, 9.17) is 0 Å². The van der Waals surface area contributed by atoms with E-state index in [2.05, 4.69) is 12.2 Å². The third-order valence-corrected chi connectivity index (χ3v) is 6.16. The molecule has 1 N–H and O–H groups in total. The lowest BCUT2D eigenvalue weighted by Crippen LogP contribution is -2.28. The molecule has 1 fully saturated rings. The number of nitrogens with zero attached hydrogens (tertiary/aromatic N) is 1. The number of sulfone groups is 1. The highest BCUT2D eigenvalue weighted by molar-refractivity contribution is 7.90. The van der Waals surface area contributed by atoms with E-state index >= 15 is 0 Å². The molecule has 28 heavy (non-hydrogen) atoms. The first kappa shape index (κ1) is 20.1. The number of rotatable bonds is 5. The topological polar surface area (TPSA) is 83.6 Å². The number of nitrogens with one attached hydrogen (secondary N) is 1. The van der Waals surface area contributed by atoms with Crippen molar-refractivity contribution in [3.8, 4) is 0 Å². The van der Waals surface area contributed by atoms with Crippen LogP contribution in [0.1, 0.15) is 24.5 Å². The Hall–Kier alpha value is -2.67. The Morgan fingerprint density at radius 3 is 2.46 bits per heavy atom. The number of anilines is 2. The van der Waals surface area contributed by atoms with Crippen molar-refractivity contribution in [3.63, 3.8) is 0 Å². The maximum atomic E-state index is 12.7. The Labute approximate surface area is 165 Å². The van der Waals surface area contributed by atoms with Crippen LogP contribution in [0.25, 0.3) is 0 Å². The number of aryl methyl sites for hydroxylation is 2. The Morgan fingerprint density at radius 1 is 1.18 bits per heavy atom. The lowest BCUT2D eigenvalue weighted by atomic mass is 10.1. The van der Waals surface area contributed by atoms with Gasteiger partial charge in [-0.15, -0.1) is 0 Å². The van der Waals surface area contributed by atoms with Crippen molar-refractivity contribution >= 4 is 33.0 Å². The van der Waals surface area contributed by atoms with Crippen LogP contribution >= 0.6 is 0 Å². The SMILES string of the molecule is CCc1ccc(N2CC(C(=O)Nc3cc(S(C)(=O)=O)ccc3C)CC2=O)cc1. The van der Waals surface area contributed by atoms with Crippen LogP contribution in [0.4, 0.5) is 11.4 Å². The van der Waals surface area contributed by atoms with Gasteiger partial charge in [0.05, 0.1) is 10.8 Å². The van der Waals surface area contributed by atoms with Crippen LogP contribution in [0.2, 0.25) is 0 Å². The van der Waals surface area contributed by atoms with Gasteiger partial charge in [0.1, 0.15) is 0 Å². The van der Waals surface area contributed by atoms with E-state index in [-0.39, 0.29) is 23.1 Å². The number of carbonyl (C=O) groups is 2. The van der Waals surface area contributed by atoms with Crippen molar-refractivity contribution in [2.45, 2.75) is 31.6 Å². The summed E-state index contributed by atoms with van der Waals surface area (Å²) in [5.41, 5.74) is 3.18. The standard InChI is InChI=1S/C21H24N2O4S/c1-4-15-6-8-17(9-7-15)23-13-16(11-20(23)24)21(25)22-19-12-18(28(3,26)27)10-5-14(19)2/h5-10,12,16H,4,11,13H2,1-3H3,(H,22,25). The minimum absolute atomic E-state index is 0.0917. The summed E-state index contributed by atoms with van der Waals surface area (Å²) in [7, 11) is -3.37. The summed E-state index contributed by atoms with van der Waals surface area (Å²) in [5, 5.41) is 2.79. The fourth-order valence-electron chi connectivity index (χ4n) is 3.25. The molecule has 7 heteroatoms. The minimum Gasteiger partial charge on any atom is -0.325 e. The Balaban J connectivity index is 1.74. The molecule has 6 nitrogen and oxygen atoms in total. The number of hydrogen-bond donors (Lipinski definition) is 1. The summed E-state index contributed by atoms with van der Waals surface area (Å²) < 4.78 is 23.5. The van der Waals surface area contributed by atoms with Gasteiger partial charge in [-0.3, -0.25) is 9.59 Å². The minimum atomic E-state index is -3.37. The van der Waals surface area contributed by atoms with Gasteiger partial charge in [-0.1, -0.05) is 25.1 Å². The number of benzene rings is 2. The molecule has 0 bridgehead atoms. The van der Waals surface area contributed by atoms with Crippen LogP contribution < -0.4 is 10.2 Å². The van der Waals surface area contributed by atoms with Gasteiger partial charge < -0.3 is 10.2 Å². The molecule has 2 amide bonds. The lowest BCUT2D eigenvalue weighted by molar-refractivity contribution is -0.122. The molecule has 2 aromatic rings. The van der Waals surface area contributed by atoms with Gasteiger partial charge in [0.15, 0.2) is 9.84 Å². The molecule has 0 aromatic heterocycles. The van der Waals surface area contributed by atoms with Crippen LogP contribution in [0.3, 0.4) is 0 Å². The van der Waals surface area contributed by atoms with Crippen molar-refractivity contribution in [3.05, 3.63) is 53.6 Å². The van der Waals surface area contributed by atoms with Gasteiger partial charge in [0, 0.05) is 30.6 Å². The number of hydrogen-bond acceptors (Lipinski definition) is 4. The fourth-order valence-corrected chi connectivity index (χ4v) is 3.89. The molecule has 1 aliphatic rings. The second kappa shape index (κ2) is 7.75. The monoisotopic (exact) mass is 400 g/mol. The van der Waals surface area contributed by atoms with E-state index in [1.807, 2.05) is 24.3 Å². The Kier molecular flexibility index (Phi) is 5.56. The maximum Gasteiger partial charge on any atom is 0.229 e. The predicted molar refractivity (Wildman–Crippen MR) is 109 cm³/mol. The largest absolute Gasteiger partial charge is 0.325 e. The molecule has 0 saturated carbocycles. The highest BCUT2D eigenvalue weighted by atomic mass is 32.2. The second-order valence-corrected chi connectivity index (χ2v) is 9.18. The van der Waals surface area contributed by atoms with Crippen molar-refractivity contribution in [1.82, 2.24) is 0 Å². The van der Waals surface area contributed by atoms with Gasteiger partial charge in [0.2, 0.25) is 11.8 Å². The Bertz CT molecular complexity index is 1010. The highest BCUT2D eigenvalue weighted by Crippen LogP contribution is 2.27. The zero-order valence-corrected chi connectivity index (χ0v) is 17.0. The third kappa shape index (κ3) is 4.25. The van der Waals surface area contributed by atoms with Crippen molar-refractivity contribution in [1.29, 1.82) is 0 Å². The molecule has 148 valence electrons. The molecule has 1 atom stereocenters. The van der Waals surface area contributed by atoms with Crippen LogP contribution in [-0.4, -0.2) is 33.0 Å². The highest BCUT2D eigenvalue weighted by Gasteiger charge is 2.35. The summed E-state index contributed by atoms with van der Waals surface area (Å²) in [4.78, 5) is 26.9. The van der Waals surface area contributed by atoms with Crippen LogP contribution in [-0.2, 0) is 25.8 Å². The van der Waals surface area contributed by atoms with Gasteiger partial charge in [-0.2, -0.15) is 0 Å². The molecule has 1 aliphatic heterocycles. The average molecular weight is 401 g/mol. The lowest BCUT2D eigenvalue weighted by Gasteiger charge is -2.17. The van der Waals surface area contributed by atoms with Gasteiger partial charge >= 0.3 is 0 Å². The third-order valence-electron chi connectivity index (χ3n) is 5.05. The Morgan fingerprint density at radius 2 is 1.86 bits per heavy atom. The molecule has 2 aromatic carbocycles. The fraction of sp³-hybridized carbons (Fsp3) is 0.333. The van der Waals surface area contributed by atoms with E-state index in [0.717, 1.165) is 23.9 Å².